The lowest BCUT2D eigenvalue weighted by molar-refractivity contribution is -0.167. The molecule has 0 aliphatic rings. The van der Waals surface area contributed by atoms with Gasteiger partial charge in [-0.05, 0) is 31.1 Å². The molecule has 0 aliphatic carbocycles. The molecular weight excluding hydrogens is 697 g/mol. The molecule has 0 fully saturated rings. The van der Waals surface area contributed by atoms with Crippen molar-refractivity contribution >= 4 is 17.9 Å². The van der Waals surface area contributed by atoms with Gasteiger partial charge in [-0.3, -0.25) is 14.4 Å². The van der Waals surface area contributed by atoms with Gasteiger partial charge in [0.1, 0.15) is 13.2 Å². The Morgan fingerprint density at radius 1 is 0.375 bits per heavy atom. The summed E-state index contributed by atoms with van der Waals surface area (Å²) in [6, 6.07) is 0. The Morgan fingerprint density at radius 2 is 0.679 bits per heavy atom. The number of hydrogen-bond donors (Lipinski definition) is 0. The first-order chi connectivity index (χ1) is 27.3. The molecule has 0 spiro atoms. The summed E-state index contributed by atoms with van der Waals surface area (Å²) in [4.78, 5) is 37.8. The van der Waals surface area contributed by atoms with Crippen molar-refractivity contribution in [2.24, 2.45) is 11.8 Å². The molecule has 56 heavy (non-hydrogen) atoms. The normalized spacial score (nSPS) is 12.5. The Labute approximate surface area is 348 Å². The molecule has 0 aromatic carbocycles. The maximum atomic E-state index is 12.7. The van der Waals surface area contributed by atoms with Crippen LogP contribution in [0.4, 0.5) is 0 Å². The predicted molar refractivity (Wildman–Crippen MR) is 238 cm³/mol. The van der Waals surface area contributed by atoms with E-state index in [0.29, 0.717) is 19.3 Å². The van der Waals surface area contributed by atoms with Crippen molar-refractivity contribution in [3.63, 3.8) is 0 Å². The maximum Gasteiger partial charge on any atom is 0.306 e. The Bertz CT molecular complexity index is 856. The Balaban J connectivity index is 4.33. The monoisotopic (exact) mass is 793 g/mol. The summed E-state index contributed by atoms with van der Waals surface area (Å²) >= 11 is 0. The van der Waals surface area contributed by atoms with Crippen molar-refractivity contribution < 1.29 is 28.6 Å². The SMILES string of the molecule is CCCCCCCCCCCCCCC(=O)O[C@@H](COC(=O)CCCCCCCCCCCCCC(C)C)COC(=O)CCCCCCCCCCC(C)CC. The van der Waals surface area contributed by atoms with Gasteiger partial charge in [-0.15, -0.1) is 0 Å². The molecule has 0 saturated carbocycles. The zero-order valence-corrected chi connectivity index (χ0v) is 38.3. The number of rotatable bonds is 44. The standard InChI is InChI=1S/C50H96O6/c1-6-8-9-10-11-12-13-16-20-27-32-37-42-50(53)56-47(44-55-49(52)41-36-31-26-22-21-24-29-34-39-46(5)7-2)43-54-48(51)40-35-30-25-19-17-14-15-18-23-28-33-38-45(3)4/h45-47H,6-44H2,1-5H3/t46?,47-/m0/s1. The predicted octanol–water partition coefficient (Wildman–Crippen LogP) is 15.8. The molecule has 0 amide bonds. The van der Waals surface area contributed by atoms with Crippen molar-refractivity contribution in [1.29, 1.82) is 0 Å². The lowest BCUT2D eigenvalue weighted by Crippen LogP contribution is -2.30. The van der Waals surface area contributed by atoms with Crippen LogP contribution in [0.2, 0.25) is 0 Å². The largest absolute Gasteiger partial charge is 0.462 e. The third kappa shape index (κ3) is 42.0. The highest BCUT2D eigenvalue weighted by Crippen LogP contribution is 2.17. The Kier molecular flexibility index (Phi) is 41.8. The molecule has 1 unspecified atom stereocenters. The molecule has 0 rings (SSSR count). The van der Waals surface area contributed by atoms with Gasteiger partial charge in [0.25, 0.3) is 0 Å². The number of carbonyl (C=O) groups excluding carboxylic acids is 3. The van der Waals surface area contributed by atoms with Crippen LogP contribution in [-0.4, -0.2) is 37.2 Å². The van der Waals surface area contributed by atoms with E-state index < -0.39 is 6.10 Å². The third-order valence-corrected chi connectivity index (χ3v) is 11.6. The summed E-state index contributed by atoms with van der Waals surface area (Å²) in [5.41, 5.74) is 0. The molecule has 2 atom stereocenters. The van der Waals surface area contributed by atoms with Crippen molar-refractivity contribution in [2.75, 3.05) is 13.2 Å². The number of carbonyl (C=O) groups is 3. The van der Waals surface area contributed by atoms with Crippen LogP contribution in [0, 0.1) is 11.8 Å². The highest BCUT2D eigenvalue weighted by Gasteiger charge is 2.19. The van der Waals surface area contributed by atoms with Crippen LogP contribution in [0.15, 0.2) is 0 Å². The zero-order valence-electron chi connectivity index (χ0n) is 38.3. The molecule has 0 bridgehead atoms. The van der Waals surface area contributed by atoms with Crippen LogP contribution in [0.1, 0.15) is 272 Å². The summed E-state index contributed by atoms with van der Waals surface area (Å²) in [6.07, 6.45) is 42.2. The first-order valence-electron chi connectivity index (χ1n) is 24.8. The van der Waals surface area contributed by atoms with Crippen molar-refractivity contribution in [1.82, 2.24) is 0 Å². The summed E-state index contributed by atoms with van der Waals surface area (Å²) < 4.78 is 16.8. The molecule has 0 saturated heterocycles. The van der Waals surface area contributed by atoms with Crippen LogP contribution in [0.5, 0.6) is 0 Å². The molecule has 0 aromatic heterocycles. The van der Waals surface area contributed by atoms with Crippen molar-refractivity contribution in [3.05, 3.63) is 0 Å². The molecule has 0 heterocycles. The minimum absolute atomic E-state index is 0.0644. The van der Waals surface area contributed by atoms with E-state index in [1.165, 1.54) is 161 Å². The molecule has 6 nitrogen and oxygen atoms in total. The fourth-order valence-electron chi connectivity index (χ4n) is 7.43. The number of esters is 3. The lowest BCUT2D eigenvalue weighted by Gasteiger charge is -2.18. The number of hydrogen-bond acceptors (Lipinski definition) is 6. The number of unbranched alkanes of at least 4 members (excludes halogenated alkanes) is 28. The smallest absolute Gasteiger partial charge is 0.306 e. The van der Waals surface area contributed by atoms with E-state index >= 15 is 0 Å². The molecule has 0 N–H and O–H groups in total. The first kappa shape index (κ1) is 54.4. The van der Waals surface area contributed by atoms with Gasteiger partial charge >= 0.3 is 17.9 Å². The van der Waals surface area contributed by atoms with E-state index in [2.05, 4.69) is 34.6 Å². The van der Waals surface area contributed by atoms with Gasteiger partial charge in [-0.1, -0.05) is 234 Å². The third-order valence-electron chi connectivity index (χ3n) is 11.6. The van der Waals surface area contributed by atoms with Crippen LogP contribution >= 0.6 is 0 Å². The van der Waals surface area contributed by atoms with E-state index in [0.717, 1.165) is 69.6 Å². The summed E-state index contributed by atoms with van der Waals surface area (Å²) in [6.45, 7) is 11.4. The second kappa shape index (κ2) is 43.0. The van der Waals surface area contributed by atoms with E-state index in [-0.39, 0.29) is 31.1 Å². The molecule has 0 radical (unpaired) electrons. The summed E-state index contributed by atoms with van der Waals surface area (Å²) in [5, 5.41) is 0. The van der Waals surface area contributed by atoms with Crippen molar-refractivity contribution in [3.8, 4) is 0 Å². The highest BCUT2D eigenvalue weighted by atomic mass is 16.6. The molecule has 0 aromatic rings. The fourth-order valence-corrected chi connectivity index (χ4v) is 7.43. The average molecular weight is 793 g/mol. The van der Waals surface area contributed by atoms with Crippen LogP contribution < -0.4 is 0 Å². The summed E-state index contributed by atoms with van der Waals surface area (Å²) in [7, 11) is 0. The minimum atomic E-state index is -0.761. The van der Waals surface area contributed by atoms with E-state index in [1.54, 1.807) is 0 Å². The van der Waals surface area contributed by atoms with Crippen LogP contribution in [-0.2, 0) is 28.6 Å². The maximum absolute atomic E-state index is 12.7. The quantitative estimate of drug-likeness (QED) is 0.0347. The molecule has 332 valence electrons. The van der Waals surface area contributed by atoms with Gasteiger partial charge in [-0.25, -0.2) is 0 Å². The van der Waals surface area contributed by atoms with Crippen molar-refractivity contribution in [2.45, 2.75) is 278 Å². The average Bonchev–Trinajstić information content (AvgIpc) is 3.18. The number of ether oxygens (including phenoxy) is 3. The van der Waals surface area contributed by atoms with E-state index in [1.807, 2.05) is 0 Å². The second-order valence-corrected chi connectivity index (χ2v) is 17.8. The summed E-state index contributed by atoms with van der Waals surface area (Å²) in [5.74, 6) is 0.822. The van der Waals surface area contributed by atoms with Crippen LogP contribution in [0.3, 0.4) is 0 Å². The minimum Gasteiger partial charge on any atom is -0.462 e. The van der Waals surface area contributed by atoms with Gasteiger partial charge < -0.3 is 14.2 Å². The van der Waals surface area contributed by atoms with E-state index in [9.17, 15) is 14.4 Å². The zero-order chi connectivity index (χ0) is 41.2. The molecule has 6 heteroatoms. The van der Waals surface area contributed by atoms with Crippen LogP contribution in [0.25, 0.3) is 0 Å². The van der Waals surface area contributed by atoms with Gasteiger partial charge in [-0.2, -0.15) is 0 Å². The van der Waals surface area contributed by atoms with Gasteiger partial charge in [0, 0.05) is 19.3 Å². The Hall–Kier alpha value is -1.59. The second-order valence-electron chi connectivity index (χ2n) is 17.8. The van der Waals surface area contributed by atoms with Gasteiger partial charge in [0.05, 0.1) is 0 Å². The van der Waals surface area contributed by atoms with Gasteiger partial charge in [0.2, 0.25) is 0 Å². The highest BCUT2D eigenvalue weighted by molar-refractivity contribution is 5.71. The lowest BCUT2D eigenvalue weighted by atomic mass is 9.99. The molecule has 0 aliphatic heterocycles. The van der Waals surface area contributed by atoms with E-state index in [4.69, 9.17) is 14.2 Å². The topological polar surface area (TPSA) is 78.9 Å². The Morgan fingerprint density at radius 3 is 1.02 bits per heavy atom. The first-order valence-corrected chi connectivity index (χ1v) is 24.8. The molecular formula is C50H96O6. The van der Waals surface area contributed by atoms with Gasteiger partial charge in [0.15, 0.2) is 6.10 Å². The fraction of sp³-hybridized carbons (Fsp3) is 0.940.